The highest BCUT2D eigenvalue weighted by Crippen LogP contribution is 2.44. The Hall–Kier alpha value is -1.52. The summed E-state index contributed by atoms with van der Waals surface area (Å²) in [6, 6.07) is 0. The van der Waals surface area contributed by atoms with Gasteiger partial charge in [-0.2, -0.15) is 0 Å². The fraction of sp³-hybridized carbons (Fsp3) is 0.636. The van der Waals surface area contributed by atoms with Crippen molar-refractivity contribution in [3.8, 4) is 0 Å². The minimum absolute atomic E-state index is 0.0995. The summed E-state index contributed by atoms with van der Waals surface area (Å²) in [7, 11) is 0. The summed E-state index contributed by atoms with van der Waals surface area (Å²) < 4.78 is 5.06. The van der Waals surface area contributed by atoms with Gasteiger partial charge in [0.05, 0.1) is 0 Å². The van der Waals surface area contributed by atoms with Crippen molar-refractivity contribution in [3.63, 3.8) is 0 Å². The normalized spacial score (nSPS) is 28.1. The van der Waals surface area contributed by atoms with Crippen LogP contribution in [0.3, 0.4) is 0 Å². The van der Waals surface area contributed by atoms with E-state index in [9.17, 15) is 9.59 Å². The summed E-state index contributed by atoms with van der Waals surface area (Å²) in [5, 5.41) is 2.52. The van der Waals surface area contributed by atoms with Gasteiger partial charge in [-0.1, -0.05) is 6.08 Å². The molecule has 0 bridgehead atoms. The number of alkyl carbamates (subject to hydrolysis) is 1. The second kappa shape index (κ2) is 3.81. The average molecular weight is 226 g/mol. The Labute approximate surface area is 95.0 Å². The van der Waals surface area contributed by atoms with Crippen LogP contribution in [-0.4, -0.2) is 23.1 Å². The van der Waals surface area contributed by atoms with Gasteiger partial charge in [-0.05, 0) is 27.2 Å². The molecule has 5 nitrogen and oxygen atoms in total. The number of hydrogen-bond donors (Lipinski definition) is 2. The Morgan fingerprint density at radius 1 is 1.56 bits per heavy atom. The van der Waals surface area contributed by atoms with Crippen molar-refractivity contribution >= 4 is 12.0 Å². The Morgan fingerprint density at radius 3 is 2.44 bits per heavy atom. The molecule has 5 heteroatoms. The van der Waals surface area contributed by atoms with Gasteiger partial charge in [-0.3, -0.25) is 4.79 Å². The van der Waals surface area contributed by atoms with Gasteiger partial charge in [0.15, 0.2) is 0 Å². The minimum atomic E-state index is -0.996. The van der Waals surface area contributed by atoms with Crippen LogP contribution in [0.5, 0.6) is 0 Å². The predicted molar refractivity (Wildman–Crippen MR) is 59.6 cm³/mol. The third kappa shape index (κ3) is 2.53. The van der Waals surface area contributed by atoms with Gasteiger partial charge in [0.1, 0.15) is 11.1 Å². The highest BCUT2D eigenvalue weighted by Gasteiger charge is 2.59. The summed E-state index contributed by atoms with van der Waals surface area (Å²) in [4.78, 5) is 22.8. The number of amides is 2. The number of nitrogens with two attached hydrogens (primary N) is 1. The van der Waals surface area contributed by atoms with Gasteiger partial charge in [-0.15, -0.1) is 6.58 Å². The number of carbonyl (C=O) groups is 2. The van der Waals surface area contributed by atoms with E-state index in [2.05, 4.69) is 11.9 Å². The third-order valence-corrected chi connectivity index (χ3v) is 2.46. The molecule has 0 aromatic heterocycles. The van der Waals surface area contributed by atoms with E-state index < -0.39 is 23.1 Å². The lowest BCUT2D eigenvalue weighted by atomic mass is 10.2. The van der Waals surface area contributed by atoms with Crippen LogP contribution in [0.4, 0.5) is 4.79 Å². The first-order chi connectivity index (χ1) is 7.21. The van der Waals surface area contributed by atoms with E-state index in [1.165, 1.54) is 0 Å². The van der Waals surface area contributed by atoms with Gasteiger partial charge >= 0.3 is 6.09 Å². The molecule has 1 rings (SSSR count). The molecule has 2 atom stereocenters. The molecular formula is C11H18N2O3. The lowest BCUT2D eigenvalue weighted by Crippen LogP contribution is -2.49. The van der Waals surface area contributed by atoms with Gasteiger partial charge in [0.25, 0.3) is 0 Å². The molecule has 3 N–H and O–H groups in total. The highest BCUT2D eigenvalue weighted by atomic mass is 16.6. The molecule has 1 fully saturated rings. The molecule has 1 aliphatic rings. The average Bonchev–Trinajstić information content (AvgIpc) is 2.76. The first-order valence-corrected chi connectivity index (χ1v) is 5.15. The Kier molecular flexibility index (Phi) is 2.99. The summed E-state index contributed by atoms with van der Waals surface area (Å²) >= 11 is 0. The van der Waals surface area contributed by atoms with Crippen molar-refractivity contribution in [1.82, 2.24) is 5.32 Å². The number of ether oxygens (including phenoxy) is 1. The Balaban J connectivity index is 2.63. The quantitative estimate of drug-likeness (QED) is 0.703. The molecule has 0 aromatic rings. The second-order valence-corrected chi connectivity index (χ2v) is 5.01. The molecular weight excluding hydrogens is 208 g/mol. The maximum absolute atomic E-state index is 11.5. The largest absolute Gasteiger partial charge is 0.444 e. The second-order valence-electron chi connectivity index (χ2n) is 5.01. The van der Waals surface area contributed by atoms with Crippen LogP contribution in [-0.2, 0) is 9.53 Å². The van der Waals surface area contributed by atoms with Crippen LogP contribution < -0.4 is 11.1 Å². The lowest BCUT2D eigenvalue weighted by Gasteiger charge is -2.22. The Morgan fingerprint density at radius 2 is 2.12 bits per heavy atom. The topological polar surface area (TPSA) is 81.4 Å². The van der Waals surface area contributed by atoms with Gasteiger partial charge < -0.3 is 15.8 Å². The van der Waals surface area contributed by atoms with Crippen LogP contribution >= 0.6 is 0 Å². The lowest BCUT2D eigenvalue weighted by molar-refractivity contribution is -0.121. The number of carbonyl (C=O) groups excluding carboxylic acids is 2. The van der Waals surface area contributed by atoms with E-state index >= 15 is 0 Å². The molecule has 2 amide bonds. The molecule has 0 unspecified atom stereocenters. The van der Waals surface area contributed by atoms with Crippen molar-refractivity contribution in [2.24, 2.45) is 11.7 Å². The third-order valence-electron chi connectivity index (χ3n) is 2.46. The monoisotopic (exact) mass is 226 g/mol. The van der Waals surface area contributed by atoms with Crippen molar-refractivity contribution in [3.05, 3.63) is 12.7 Å². The van der Waals surface area contributed by atoms with Gasteiger partial charge in [0, 0.05) is 5.92 Å². The molecule has 90 valence electrons. The van der Waals surface area contributed by atoms with E-state index in [1.54, 1.807) is 26.8 Å². The van der Waals surface area contributed by atoms with Crippen LogP contribution in [0.25, 0.3) is 0 Å². The van der Waals surface area contributed by atoms with E-state index in [1.807, 2.05) is 0 Å². The van der Waals surface area contributed by atoms with Crippen LogP contribution in [0.2, 0.25) is 0 Å². The fourth-order valence-corrected chi connectivity index (χ4v) is 1.55. The van der Waals surface area contributed by atoms with Crippen molar-refractivity contribution < 1.29 is 14.3 Å². The van der Waals surface area contributed by atoms with Crippen LogP contribution in [0.1, 0.15) is 27.2 Å². The summed E-state index contributed by atoms with van der Waals surface area (Å²) in [5.74, 6) is -0.652. The van der Waals surface area contributed by atoms with E-state index in [-0.39, 0.29) is 5.92 Å². The zero-order valence-corrected chi connectivity index (χ0v) is 9.87. The molecule has 0 radical (unpaired) electrons. The standard InChI is InChI=1S/C11H18N2O3/c1-5-7-6-11(7,8(12)14)13-9(15)16-10(2,3)4/h5,7H,1,6H2,2-4H3,(H2,12,14)(H,13,15)/t7-,11-/m1/s1. The summed E-state index contributed by atoms with van der Waals surface area (Å²) in [6.45, 7) is 8.84. The minimum Gasteiger partial charge on any atom is -0.444 e. The molecule has 0 aromatic carbocycles. The summed E-state index contributed by atoms with van der Waals surface area (Å²) in [5.41, 5.74) is 3.66. The first-order valence-electron chi connectivity index (χ1n) is 5.15. The Bertz CT molecular complexity index is 333. The number of rotatable bonds is 3. The predicted octanol–water partition coefficient (Wildman–Crippen LogP) is 0.941. The van der Waals surface area contributed by atoms with Crippen molar-refractivity contribution in [1.29, 1.82) is 0 Å². The maximum atomic E-state index is 11.5. The van der Waals surface area contributed by atoms with Gasteiger partial charge in [0.2, 0.25) is 5.91 Å². The van der Waals surface area contributed by atoms with E-state index in [4.69, 9.17) is 10.5 Å². The molecule has 0 saturated heterocycles. The van der Waals surface area contributed by atoms with Crippen molar-refractivity contribution in [2.75, 3.05) is 0 Å². The van der Waals surface area contributed by atoms with Crippen LogP contribution in [0.15, 0.2) is 12.7 Å². The van der Waals surface area contributed by atoms with Crippen LogP contribution in [0, 0.1) is 5.92 Å². The fourth-order valence-electron chi connectivity index (χ4n) is 1.55. The van der Waals surface area contributed by atoms with Crippen molar-refractivity contribution in [2.45, 2.75) is 38.3 Å². The zero-order chi connectivity index (χ0) is 12.6. The molecule has 1 saturated carbocycles. The highest BCUT2D eigenvalue weighted by molar-refractivity contribution is 5.92. The molecule has 1 aliphatic carbocycles. The molecule has 0 spiro atoms. The smallest absolute Gasteiger partial charge is 0.408 e. The van der Waals surface area contributed by atoms with E-state index in [0.717, 1.165) is 0 Å². The summed E-state index contributed by atoms with van der Waals surface area (Å²) in [6.07, 6.45) is 1.48. The molecule has 16 heavy (non-hydrogen) atoms. The number of hydrogen-bond acceptors (Lipinski definition) is 3. The zero-order valence-electron chi connectivity index (χ0n) is 9.87. The molecule has 0 heterocycles. The van der Waals surface area contributed by atoms with Gasteiger partial charge in [-0.25, -0.2) is 4.79 Å². The number of nitrogens with one attached hydrogen (secondary N) is 1. The SMILES string of the molecule is C=C[C@@H]1C[C@]1(NC(=O)OC(C)(C)C)C(N)=O. The van der Waals surface area contributed by atoms with E-state index in [0.29, 0.717) is 6.42 Å². The molecule has 0 aliphatic heterocycles. The maximum Gasteiger partial charge on any atom is 0.408 e. The first kappa shape index (κ1) is 12.5. The number of primary amides is 1.